The van der Waals surface area contributed by atoms with Gasteiger partial charge in [0.25, 0.3) is 5.56 Å². The molecule has 11 heteroatoms. The molecule has 1 aromatic carbocycles. The van der Waals surface area contributed by atoms with Crippen molar-refractivity contribution in [3.63, 3.8) is 0 Å². The highest BCUT2D eigenvalue weighted by molar-refractivity contribution is 7.89. The molecule has 40 heavy (non-hydrogen) atoms. The van der Waals surface area contributed by atoms with Crippen LogP contribution < -0.4 is 15.6 Å². The Morgan fingerprint density at radius 1 is 1.12 bits per heavy atom. The van der Waals surface area contributed by atoms with E-state index in [9.17, 15) is 18.0 Å². The van der Waals surface area contributed by atoms with Gasteiger partial charge in [0.05, 0.1) is 11.3 Å². The van der Waals surface area contributed by atoms with Crippen LogP contribution in [0.25, 0.3) is 10.9 Å². The lowest BCUT2D eigenvalue weighted by Crippen LogP contribution is -2.51. The van der Waals surface area contributed by atoms with Gasteiger partial charge in [-0.1, -0.05) is 18.2 Å². The minimum atomic E-state index is -3.24. The van der Waals surface area contributed by atoms with Crippen molar-refractivity contribution in [2.45, 2.75) is 82.6 Å². The Labute approximate surface area is 237 Å². The maximum Gasteiger partial charge on any atom is 0.413 e. The number of nitrogens with zero attached hydrogens (tertiary/aromatic N) is 4. The summed E-state index contributed by atoms with van der Waals surface area (Å²) in [7, 11) is 0.757. The van der Waals surface area contributed by atoms with Crippen molar-refractivity contribution in [2.24, 2.45) is 0 Å². The van der Waals surface area contributed by atoms with E-state index in [1.165, 1.54) is 0 Å². The van der Waals surface area contributed by atoms with E-state index in [4.69, 9.17) is 4.74 Å². The van der Waals surface area contributed by atoms with E-state index in [2.05, 4.69) is 15.1 Å². The number of piperidine rings is 1. The number of benzene rings is 1. The van der Waals surface area contributed by atoms with Crippen molar-refractivity contribution < 1.29 is 17.9 Å². The van der Waals surface area contributed by atoms with Crippen molar-refractivity contribution in [1.82, 2.24) is 24.0 Å². The van der Waals surface area contributed by atoms with Crippen molar-refractivity contribution in [3.8, 4) is 5.75 Å². The molecule has 0 radical (unpaired) electrons. The van der Waals surface area contributed by atoms with Crippen LogP contribution in [0.4, 0.5) is 4.79 Å². The number of hydrogen-bond donors (Lipinski definition) is 1. The first-order chi connectivity index (χ1) is 19.0. The number of rotatable bonds is 9. The van der Waals surface area contributed by atoms with Crippen LogP contribution in [0.15, 0.2) is 35.1 Å². The molecule has 2 unspecified atom stereocenters. The normalized spacial score (nSPS) is 25.8. The summed E-state index contributed by atoms with van der Waals surface area (Å²) in [6.45, 7) is 5.81. The summed E-state index contributed by atoms with van der Waals surface area (Å²) in [6, 6.07) is 10.0. The fourth-order valence-electron chi connectivity index (χ4n) is 6.84. The Hall–Kier alpha value is -2.47. The topological polar surface area (TPSA) is 104 Å². The fourth-order valence-corrected chi connectivity index (χ4v) is 8.38. The van der Waals surface area contributed by atoms with Crippen LogP contribution in [-0.4, -0.2) is 96.8 Å². The third-order valence-corrected chi connectivity index (χ3v) is 10.8. The number of carbonyl (C=O) groups is 1. The Kier molecular flexibility index (Phi) is 8.56. The molecule has 2 aromatic rings. The smallest absolute Gasteiger partial charge is 0.404 e. The number of amides is 1. The molecule has 0 spiro atoms. The molecule has 4 atom stereocenters. The molecule has 0 aliphatic carbocycles. The highest BCUT2D eigenvalue weighted by Gasteiger charge is 2.41. The summed E-state index contributed by atoms with van der Waals surface area (Å²) in [5.41, 5.74) is 0.491. The standard InChI is InChI=1S/C29H43N5O5S/c1-20(2)34-26-9-6-5-8-21(26)16-27(28(34)35)39-29(36)30-22-17-23-10-11-24(18-22)33(23)13-7-15-40(37,38)32-14-12-25(19-32)31(3)4/h5-6,8-9,16,20,22-25H,7,10-15,17-19H2,1-4H3,(H,30,36)/t22?,23-,24+,25?. The van der Waals surface area contributed by atoms with E-state index >= 15 is 0 Å². The minimum absolute atomic E-state index is 0.0291. The molecule has 1 N–H and O–H groups in total. The van der Waals surface area contributed by atoms with Gasteiger partial charge in [0.15, 0.2) is 5.75 Å². The summed E-state index contributed by atoms with van der Waals surface area (Å²) in [4.78, 5) is 30.5. The Bertz CT molecular complexity index is 1380. The zero-order valence-electron chi connectivity index (χ0n) is 24.1. The number of likely N-dealkylation sites (N-methyl/N-ethyl adjacent to an activating group) is 1. The molecule has 4 heterocycles. The summed E-state index contributed by atoms with van der Waals surface area (Å²) in [5, 5.41) is 3.84. The van der Waals surface area contributed by atoms with Crippen molar-refractivity contribution in [3.05, 3.63) is 40.7 Å². The van der Waals surface area contributed by atoms with E-state index in [-0.39, 0.29) is 29.1 Å². The van der Waals surface area contributed by atoms with Crippen LogP contribution in [0.2, 0.25) is 0 Å². The highest BCUT2D eigenvalue weighted by atomic mass is 32.2. The quantitative estimate of drug-likeness (QED) is 0.492. The van der Waals surface area contributed by atoms with E-state index in [0.29, 0.717) is 37.6 Å². The van der Waals surface area contributed by atoms with Gasteiger partial charge in [-0.2, -0.15) is 0 Å². The van der Waals surface area contributed by atoms with Gasteiger partial charge in [0.2, 0.25) is 10.0 Å². The predicted molar refractivity (Wildman–Crippen MR) is 156 cm³/mol. The van der Waals surface area contributed by atoms with Gasteiger partial charge < -0.3 is 19.5 Å². The minimum Gasteiger partial charge on any atom is -0.404 e. The largest absolute Gasteiger partial charge is 0.413 e. The third kappa shape index (κ3) is 6.07. The molecule has 1 aromatic heterocycles. The Balaban J connectivity index is 1.14. The van der Waals surface area contributed by atoms with Crippen LogP contribution >= 0.6 is 0 Å². The van der Waals surface area contributed by atoms with Crippen LogP contribution in [-0.2, 0) is 10.0 Å². The van der Waals surface area contributed by atoms with E-state index in [1.807, 2.05) is 52.2 Å². The molecule has 3 saturated heterocycles. The maximum atomic E-state index is 13.1. The second kappa shape index (κ2) is 11.8. The van der Waals surface area contributed by atoms with E-state index in [1.54, 1.807) is 14.9 Å². The molecule has 3 fully saturated rings. The second-order valence-corrected chi connectivity index (χ2v) is 14.2. The lowest BCUT2D eigenvalue weighted by molar-refractivity contribution is 0.114. The molecular weight excluding hydrogens is 530 g/mol. The Morgan fingerprint density at radius 2 is 1.82 bits per heavy atom. The van der Waals surface area contributed by atoms with Crippen LogP contribution in [0, 0.1) is 0 Å². The summed E-state index contributed by atoms with van der Waals surface area (Å²) in [6.07, 6.45) is 4.58. The summed E-state index contributed by atoms with van der Waals surface area (Å²) >= 11 is 0. The first-order valence-electron chi connectivity index (χ1n) is 14.6. The molecule has 10 nitrogen and oxygen atoms in total. The first kappa shape index (κ1) is 29.0. The average Bonchev–Trinajstić information content (AvgIpc) is 3.48. The van der Waals surface area contributed by atoms with E-state index < -0.39 is 16.1 Å². The summed E-state index contributed by atoms with van der Waals surface area (Å²) < 4.78 is 34.7. The second-order valence-electron chi connectivity index (χ2n) is 12.1. The van der Waals surface area contributed by atoms with Gasteiger partial charge in [-0.15, -0.1) is 0 Å². The van der Waals surface area contributed by atoms with Gasteiger partial charge in [0, 0.05) is 48.7 Å². The molecular formula is C29H43N5O5S. The summed E-state index contributed by atoms with van der Waals surface area (Å²) in [5.74, 6) is 0.206. The number of fused-ring (bicyclic) bond motifs is 3. The number of sulfonamides is 1. The van der Waals surface area contributed by atoms with Crippen LogP contribution in [0.5, 0.6) is 5.75 Å². The molecule has 220 valence electrons. The Morgan fingerprint density at radius 3 is 2.48 bits per heavy atom. The van der Waals surface area contributed by atoms with E-state index in [0.717, 1.165) is 49.6 Å². The number of nitrogens with one attached hydrogen (secondary N) is 1. The zero-order chi connectivity index (χ0) is 28.6. The first-order valence-corrected chi connectivity index (χ1v) is 16.2. The van der Waals surface area contributed by atoms with Crippen molar-refractivity contribution in [2.75, 3.05) is 39.5 Å². The predicted octanol–water partition coefficient (Wildman–Crippen LogP) is 3.02. The monoisotopic (exact) mass is 573 g/mol. The van der Waals surface area contributed by atoms with Gasteiger partial charge >= 0.3 is 6.09 Å². The fraction of sp³-hybridized carbons (Fsp3) is 0.655. The number of carbonyl (C=O) groups excluding carboxylic acids is 1. The lowest BCUT2D eigenvalue weighted by atomic mass is 9.97. The maximum absolute atomic E-state index is 13.1. The van der Waals surface area contributed by atoms with Crippen LogP contribution in [0.1, 0.15) is 58.4 Å². The zero-order valence-corrected chi connectivity index (χ0v) is 24.9. The van der Waals surface area contributed by atoms with Crippen molar-refractivity contribution in [1.29, 1.82) is 0 Å². The molecule has 3 aliphatic rings. The van der Waals surface area contributed by atoms with Gasteiger partial charge in [-0.25, -0.2) is 17.5 Å². The number of para-hydroxylation sites is 1. The molecule has 3 aliphatic heterocycles. The van der Waals surface area contributed by atoms with Crippen molar-refractivity contribution >= 4 is 27.0 Å². The number of hydrogen-bond acceptors (Lipinski definition) is 7. The van der Waals surface area contributed by atoms with Crippen LogP contribution in [0.3, 0.4) is 0 Å². The number of aromatic nitrogens is 1. The molecule has 1 amide bonds. The van der Waals surface area contributed by atoms with Gasteiger partial charge in [-0.05, 0) is 85.1 Å². The molecule has 5 rings (SSSR count). The molecule has 0 saturated carbocycles. The lowest BCUT2D eigenvalue weighted by Gasteiger charge is -2.39. The van der Waals surface area contributed by atoms with Gasteiger partial charge in [0.1, 0.15) is 0 Å². The number of pyridine rings is 1. The molecule has 2 bridgehead atoms. The SMILES string of the molecule is CC(C)n1c(=O)c(OC(=O)NC2C[C@H]3CC[C@@H](C2)N3CCCS(=O)(=O)N2CCC(N(C)C)C2)cc2ccccc21. The van der Waals surface area contributed by atoms with Gasteiger partial charge in [-0.3, -0.25) is 9.69 Å². The number of ether oxygens (including phenoxy) is 1. The highest BCUT2D eigenvalue weighted by Crippen LogP contribution is 2.36. The third-order valence-electron chi connectivity index (χ3n) is 8.91. The average molecular weight is 574 g/mol.